The molecule has 33 heavy (non-hydrogen) atoms. The second kappa shape index (κ2) is 11.0. The van der Waals surface area contributed by atoms with Gasteiger partial charge in [0.05, 0.1) is 40.6 Å². The van der Waals surface area contributed by atoms with E-state index in [-0.39, 0.29) is 30.5 Å². The van der Waals surface area contributed by atoms with Crippen molar-refractivity contribution in [1.29, 1.82) is 0 Å². The molecule has 0 aliphatic carbocycles. The molecule has 3 atom stereocenters. The van der Waals surface area contributed by atoms with Gasteiger partial charge in [0, 0.05) is 19.8 Å². The van der Waals surface area contributed by atoms with E-state index in [2.05, 4.69) is 0 Å². The molecule has 0 aromatic heterocycles. The normalized spacial score (nSPS) is 19.6. The van der Waals surface area contributed by atoms with Gasteiger partial charge in [-0.05, 0) is 47.7 Å². The van der Waals surface area contributed by atoms with E-state index in [0.29, 0.717) is 36.0 Å². The summed E-state index contributed by atoms with van der Waals surface area (Å²) >= 11 is 0. The van der Waals surface area contributed by atoms with Crippen LogP contribution in [0.5, 0.6) is 23.0 Å². The average molecular weight is 459 g/mol. The van der Waals surface area contributed by atoms with Crippen LogP contribution in [0.25, 0.3) is 0 Å². The highest BCUT2D eigenvalue weighted by molar-refractivity contribution is 5.70. The maximum absolute atomic E-state index is 11.5. The molecule has 3 rings (SSSR count). The van der Waals surface area contributed by atoms with Crippen molar-refractivity contribution in [2.24, 2.45) is 11.8 Å². The Kier molecular flexibility index (Phi) is 8.16. The lowest BCUT2D eigenvalue weighted by molar-refractivity contribution is -0.143. The maximum atomic E-state index is 11.5. The van der Waals surface area contributed by atoms with Gasteiger partial charge in [-0.1, -0.05) is 12.1 Å². The fourth-order valence-corrected chi connectivity index (χ4v) is 4.12. The Bertz CT molecular complexity index is 986. The molecule has 0 N–H and O–H groups in total. The molecule has 1 aliphatic heterocycles. The number of carbonyl (C=O) groups excluding carboxylic acids is 2. The predicted molar refractivity (Wildman–Crippen MR) is 120 cm³/mol. The first-order valence-electron chi connectivity index (χ1n) is 10.7. The first-order chi connectivity index (χ1) is 15.9. The molecule has 0 unspecified atom stereocenters. The lowest BCUT2D eigenvalue weighted by atomic mass is 9.84. The maximum Gasteiger partial charge on any atom is 0.308 e. The van der Waals surface area contributed by atoms with Gasteiger partial charge >= 0.3 is 11.9 Å². The minimum absolute atomic E-state index is 0.0775. The zero-order chi connectivity index (χ0) is 24.0. The van der Waals surface area contributed by atoms with Gasteiger partial charge in [-0.25, -0.2) is 0 Å². The number of methoxy groups -OCH3 is 3. The van der Waals surface area contributed by atoms with Crippen molar-refractivity contribution < 1.29 is 38.0 Å². The molecule has 8 nitrogen and oxygen atoms in total. The van der Waals surface area contributed by atoms with Crippen LogP contribution in [0.4, 0.5) is 0 Å². The van der Waals surface area contributed by atoms with Crippen LogP contribution in [-0.4, -0.2) is 46.5 Å². The molecule has 1 aliphatic rings. The van der Waals surface area contributed by atoms with E-state index in [1.165, 1.54) is 21.0 Å². The lowest BCUT2D eigenvalue weighted by Gasteiger charge is -2.24. The SMILES string of the molecule is COc1ccc(C[C@H]2CO[C@H](c3ccc(OC(C)=O)c(OC)c3)[C@H]2COC(C)=O)cc1OC. The fraction of sp³-hybridized carbons (Fsp3) is 0.440. The molecule has 178 valence electrons. The number of benzene rings is 2. The van der Waals surface area contributed by atoms with Crippen LogP contribution in [0.3, 0.4) is 0 Å². The van der Waals surface area contributed by atoms with Crippen LogP contribution in [0, 0.1) is 11.8 Å². The van der Waals surface area contributed by atoms with Crippen molar-refractivity contribution in [2.45, 2.75) is 26.4 Å². The van der Waals surface area contributed by atoms with E-state index in [9.17, 15) is 9.59 Å². The molecule has 1 fully saturated rings. The van der Waals surface area contributed by atoms with Gasteiger partial charge < -0.3 is 28.4 Å². The molecule has 0 spiro atoms. The number of ether oxygens (including phenoxy) is 6. The highest BCUT2D eigenvalue weighted by atomic mass is 16.6. The summed E-state index contributed by atoms with van der Waals surface area (Å²) in [5.41, 5.74) is 1.92. The zero-order valence-corrected chi connectivity index (χ0v) is 19.6. The van der Waals surface area contributed by atoms with Gasteiger partial charge in [0.25, 0.3) is 0 Å². The molecule has 0 saturated carbocycles. The third-order valence-corrected chi connectivity index (χ3v) is 5.68. The molecule has 0 radical (unpaired) electrons. The topological polar surface area (TPSA) is 89.5 Å². The van der Waals surface area contributed by atoms with E-state index in [1.54, 1.807) is 26.4 Å². The van der Waals surface area contributed by atoms with Crippen molar-refractivity contribution in [2.75, 3.05) is 34.5 Å². The molecule has 2 aromatic carbocycles. The van der Waals surface area contributed by atoms with Crippen LogP contribution >= 0.6 is 0 Å². The van der Waals surface area contributed by atoms with Crippen LogP contribution in [0.2, 0.25) is 0 Å². The van der Waals surface area contributed by atoms with Crippen molar-refractivity contribution in [1.82, 2.24) is 0 Å². The molecule has 1 heterocycles. The highest BCUT2D eigenvalue weighted by Gasteiger charge is 2.39. The van der Waals surface area contributed by atoms with E-state index in [4.69, 9.17) is 28.4 Å². The zero-order valence-electron chi connectivity index (χ0n) is 19.6. The number of hydrogen-bond acceptors (Lipinski definition) is 8. The Labute approximate surface area is 193 Å². The van der Waals surface area contributed by atoms with Crippen molar-refractivity contribution in [3.63, 3.8) is 0 Å². The smallest absolute Gasteiger partial charge is 0.308 e. The summed E-state index contributed by atoms with van der Waals surface area (Å²) in [6.07, 6.45) is 0.403. The lowest BCUT2D eigenvalue weighted by Crippen LogP contribution is -2.24. The number of rotatable bonds is 9. The van der Waals surface area contributed by atoms with Gasteiger partial charge in [-0.3, -0.25) is 9.59 Å². The minimum atomic E-state index is -0.430. The standard InChI is InChI=1S/C25H30O8/c1-15(26)31-14-20-19(10-17-6-8-21(28-3)23(11-17)29-4)13-32-25(20)18-7-9-22(33-16(2)27)24(12-18)30-5/h6-9,11-12,19-20,25H,10,13-14H2,1-5H3/t19-,20-,25+/m0/s1. The quantitative estimate of drug-likeness (QED) is 0.415. The van der Waals surface area contributed by atoms with Crippen LogP contribution < -0.4 is 18.9 Å². The van der Waals surface area contributed by atoms with Crippen LogP contribution in [0.15, 0.2) is 36.4 Å². The van der Waals surface area contributed by atoms with E-state index >= 15 is 0 Å². The van der Waals surface area contributed by atoms with Crippen molar-refractivity contribution in [3.8, 4) is 23.0 Å². The Morgan fingerprint density at radius 2 is 1.55 bits per heavy atom. The number of carbonyl (C=O) groups is 2. The van der Waals surface area contributed by atoms with E-state index < -0.39 is 5.97 Å². The Morgan fingerprint density at radius 3 is 2.18 bits per heavy atom. The Balaban J connectivity index is 1.86. The van der Waals surface area contributed by atoms with Gasteiger partial charge in [-0.15, -0.1) is 0 Å². The summed E-state index contributed by atoms with van der Waals surface area (Å²) < 4.78 is 32.9. The highest BCUT2D eigenvalue weighted by Crippen LogP contribution is 2.43. The molecule has 2 aromatic rings. The van der Waals surface area contributed by atoms with Gasteiger partial charge in [0.1, 0.15) is 0 Å². The minimum Gasteiger partial charge on any atom is -0.493 e. The fourth-order valence-electron chi connectivity index (χ4n) is 4.12. The summed E-state index contributed by atoms with van der Waals surface area (Å²) in [6.45, 7) is 3.46. The van der Waals surface area contributed by atoms with Crippen molar-refractivity contribution in [3.05, 3.63) is 47.5 Å². The first kappa shape index (κ1) is 24.4. The van der Waals surface area contributed by atoms with Crippen molar-refractivity contribution >= 4 is 11.9 Å². The molecule has 1 saturated heterocycles. The number of esters is 2. The predicted octanol–water partition coefficient (Wildman–Crippen LogP) is 3.75. The van der Waals surface area contributed by atoms with Gasteiger partial charge in [0.15, 0.2) is 23.0 Å². The molecular formula is C25H30O8. The summed E-state index contributed by atoms with van der Waals surface area (Å²) in [5.74, 6) is 1.35. The molecule has 0 amide bonds. The summed E-state index contributed by atoms with van der Waals surface area (Å²) in [6, 6.07) is 11.1. The van der Waals surface area contributed by atoms with E-state index in [0.717, 1.165) is 11.1 Å². The third kappa shape index (κ3) is 5.96. The van der Waals surface area contributed by atoms with Gasteiger partial charge in [-0.2, -0.15) is 0 Å². The first-order valence-corrected chi connectivity index (χ1v) is 10.7. The Morgan fingerprint density at radius 1 is 0.879 bits per heavy atom. The summed E-state index contributed by atoms with van der Waals surface area (Å²) in [4.78, 5) is 22.9. The summed E-state index contributed by atoms with van der Waals surface area (Å²) in [5, 5.41) is 0. The third-order valence-electron chi connectivity index (χ3n) is 5.68. The molecule has 8 heteroatoms. The molecular weight excluding hydrogens is 428 g/mol. The van der Waals surface area contributed by atoms with E-state index in [1.807, 2.05) is 24.3 Å². The summed E-state index contributed by atoms with van der Waals surface area (Å²) in [7, 11) is 4.72. The number of hydrogen-bond donors (Lipinski definition) is 0. The average Bonchev–Trinajstić information content (AvgIpc) is 3.19. The monoisotopic (exact) mass is 458 g/mol. The van der Waals surface area contributed by atoms with Gasteiger partial charge in [0.2, 0.25) is 0 Å². The second-order valence-corrected chi connectivity index (χ2v) is 7.88. The Hall–Kier alpha value is -3.26. The van der Waals surface area contributed by atoms with Crippen LogP contribution in [-0.2, 0) is 25.5 Å². The second-order valence-electron chi connectivity index (χ2n) is 7.88. The van der Waals surface area contributed by atoms with Crippen LogP contribution in [0.1, 0.15) is 31.1 Å². The molecule has 0 bridgehead atoms. The largest absolute Gasteiger partial charge is 0.493 e.